The largest absolute Gasteiger partial charge is 0.490 e. The molecule has 2 aromatic rings. The molecule has 1 saturated heterocycles. The third kappa shape index (κ3) is 7.07. The summed E-state index contributed by atoms with van der Waals surface area (Å²) in [4.78, 5) is 16.8. The first kappa shape index (κ1) is 25.0. The van der Waals surface area contributed by atoms with Gasteiger partial charge >= 0.3 is 0 Å². The minimum absolute atomic E-state index is 0. The van der Waals surface area contributed by atoms with Crippen molar-refractivity contribution in [3.63, 3.8) is 0 Å². The molecule has 0 aliphatic carbocycles. The van der Waals surface area contributed by atoms with Gasteiger partial charge in [0.25, 0.3) is 5.91 Å². The quantitative estimate of drug-likeness (QED) is 0.685. The molecule has 2 heterocycles. The molecule has 29 heavy (non-hydrogen) atoms. The minimum Gasteiger partial charge on any atom is -0.490 e. The molecule has 2 unspecified atom stereocenters. The molecule has 0 saturated carbocycles. The molecule has 0 bridgehead atoms. The van der Waals surface area contributed by atoms with Gasteiger partial charge in [-0.2, -0.15) is 0 Å². The van der Waals surface area contributed by atoms with Crippen molar-refractivity contribution in [3.05, 3.63) is 53.9 Å². The van der Waals surface area contributed by atoms with E-state index in [9.17, 15) is 4.79 Å². The van der Waals surface area contributed by atoms with Crippen LogP contribution in [0.2, 0.25) is 0 Å². The van der Waals surface area contributed by atoms with E-state index in [1.54, 1.807) is 30.6 Å². The number of aromatic nitrogens is 1. The second-order valence-electron chi connectivity index (χ2n) is 6.79. The zero-order chi connectivity index (χ0) is 19.1. The van der Waals surface area contributed by atoms with E-state index in [1.165, 1.54) is 0 Å². The number of nitrogens with zero attached hydrogens (tertiary/aromatic N) is 1. The van der Waals surface area contributed by atoms with E-state index in [-0.39, 0.29) is 36.8 Å². The molecular weight excluding hydrogens is 413 g/mol. The zero-order valence-electron chi connectivity index (χ0n) is 16.7. The van der Waals surface area contributed by atoms with E-state index in [4.69, 9.17) is 9.47 Å². The van der Waals surface area contributed by atoms with Gasteiger partial charge in [-0.1, -0.05) is 13.0 Å². The number of amides is 1. The monoisotopic (exact) mass is 441 g/mol. The lowest BCUT2D eigenvalue weighted by molar-refractivity contribution is 0.0913. The smallest absolute Gasteiger partial charge is 0.251 e. The number of ether oxygens (including phenoxy) is 2. The van der Waals surface area contributed by atoms with Gasteiger partial charge in [0.15, 0.2) is 11.5 Å². The third-order valence-electron chi connectivity index (χ3n) is 4.72. The lowest BCUT2D eigenvalue weighted by Gasteiger charge is -2.30. The maximum Gasteiger partial charge on any atom is 0.251 e. The Hall–Kier alpha value is -2.02. The van der Waals surface area contributed by atoms with Gasteiger partial charge in [0.2, 0.25) is 0 Å². The summed E-state index contributed by atoms with van der Waals surface area (Å²) in [5, 5.41) is 6.49. The van der Waals surface area contributed by atoms with Crippen LogP contribution in [0.1, 0.15) is 36.2 Å². The number of carbonyl (C=O) groups is 1. The number of hydrogen-bond acceptors (Lipinski definition) is 5. The third-order valence-corrected chi connectivity index (χ3v) is 4.72. The first-order valence-electron chi connectivity index (χ1n) is 9.47. The summed E-state index contributed by atoms with van der Waals surface area (Å²) in [5.74, 6) is 1.53. The molecule has 1 aromatic carbocycles. The number of pyridine rings is 1. The molecular formula is C21H29Cl2N3O3. The van der Waals surface area contributed by atoms with Crippen LogP contribution in [-0.4, -0.2) is 36.6 Å². The molecule has 0 radical (unpaired) electrons. The SMILES string of the molecule is CCOc1cc(C(=O)NC2CCNCC2C)ccc1OCc1cccnc1.Cl.Cl. The van der Waals surface area contributed by atoms with Gasteiger partial charge in [0.1, 0.15) is 6.61 Å². The maximum atomic E-state index is 12.7. The Balaban J connectivity index is 0.00000210. The number of hydrogen-bond donors (Lipinski definition) is 2. The van der Waals surface area contributed by atoms with Gasteiger partial charge in [0.05, 0.1) is 6.61 Å². The molecule has 1 fully saturated rings. The van der Waals surface area contributed by atoms with Crippen molar-refractivity contribution < 1.29 is 14.3 Å². The van der Waals surface area contributed by atoms with Crippen molar-refractivity contribution in [2.24, 2.45) is 5.92 Å². The second kappa shape index (κ2) is 12.5. The molecule has 3 rings (SSSR count). The molecule has 2 atom stereocenters. The van der Waals surface area contributed by atoms with Crippen LogP contribution < -0.4 is 20.1 Å². The Morgan fingerprint density at radius 2 is 2.07 bits per heavy atom. The van der Waals surface area contributed by atoms with Gasteiger partial charge in [-0.15, -0.1) is 24.8 Å². The van der Waals surface area contributed by atoms with E-state index < -0.39 is 0 Å². The first-order valence-corrected chi connectivity index (χ1v) is 9.47. The van der Waals surface area contributed by atoms with Gasteiger partial charge in [-0.05, 0) is 56.6 Å². The highest BCUT2D eigenvalue weighted by molar-refractivity contribution is 5.95. The molecule has 2 N–H and O–H groups in total. The van der Waals surface area contributed by atoms with Gasteiger partial charge in [-0.25, -0.2) is 0 Å². The van der Waals surface area contributed by atoms with Crippen LogP contribution in [0.25, 0.3) is 0 Å². The van der Waals surface area contributed by atoms with Crippen LogP contribution in [0.5, 0.6) is 11.5 Å². The van der Waals surface area contributed by atoms with E-state index in [0.29, 0.717) is 36.2 Å². The van der Waals surface area contributed by atoms with Crippen molar-refractivity contribution in [1.82, 2.24) is 15.6 Å². The normalized spacial score (nSPS) is 18.0. The lowest BCUT2D eigenvalue weighted by Crippen LogP contribution is -2.48. The van der Waals surface area contributed by atoms with E-state index >= 15 is 0 Å². The Kier molecular flexibility index (Phi) is 10.8. The predicted octanol–water partition coefficient (Wildman–Crippen LogP) is 3.63. The molecule has 6 nitrogen and oxygen atoms in total. The van der Waals surface area contributed by atoms with Crippen molar-refractivity contribution in [3.8, 4) is 11.5 Å². The average Bonchev–Trinajstić information content (AvgIpc) is 2.69. The van der Waals surface area contributed by atoms with Gasteiger partial charge < -0.3 is 20.1 Å². The van der Waals surface area contributed by atoms with Crippen LogP contribution >= 0.6 is 24.8 Å². The van der Waals surface area contributed by atoms with Crippen molar-refractivity contribution in [1.29, 1.82) is 0 Å². The molecule has 1 aromatic heterocycles. The summed E-state index contributed by atoms with van der Waals surface area (Å²) in [5.41, 5.74) is 1.56. The number of rotatable bonds is 7. The Bertz CT molecular complexity index is 762. The summed E-state index contributed by atoms with van der Waals surface area (Å²) < 4.78 is 11.6. The number of carbonyl (C=O) groups excluding carboxylic acids is 1. The number of halogens is 2. The van der Waals surface area contributed by atoms with E-state index in [0.717, 1.165) is 25.1 Å². The summed E-state index contributed by atoms with van der Waals surface area (Å²) in [6.07, 6.45) is 4.44. The number of benzene rings is 1. The topological polar surface area (TPSA) is 72.5 Å². The van der Waals surface area contributed by atoms with Crippen LogP contribution in [0.3, 0.4) is 0 Å². The summed E-state index contributed by atoms with van der Waals surface area (Å²) in [6.45, 7) is 6.81. The van der Waals surface area contributed by atoms with E-state index in [1.807, 2.05) is 19.1 Å². The average molecular weight is 442 g/mol. The fourth-order valence-electron chi connectivity index (χ4n) is 3.16. The van der Waals surface area contributed by atoms with E-state index in [2.05, 4.69) is 22.5 Å². The van der Waals surface area contributed by atoms with Gasteiger partial charge in [-0.3, -0.25) is 9.78 Å². The van der Waals surface area contributed by atoms with Crippen molar-refractivity contribution in [2.75, 3.05) is 19.7 Å². The predicted molar refractivity (Wildman–Crippen MR) is 119 cm³/mol. The van der Waals surface area contributed by atoms with Crippen molar-refractivity contribution >= 4 is 30.7 Å². The minimum atomic E-state index is -0.0755. The highest BCUT2D eigenvalue weighted by Gasteiger charge is 2.23. The Morgan fingerprint density at radius 3 is 2.76 bits per heavy atom. The maximum absolute atomic E-state index is 12.7. The zero-order valence-corrected chi connectivity index (χ0v) is 18.4. The highest BCUT2D eigenvalue weighted by atomic mass is 35.5. The number of nitrogens with one attached hydrogen (secondary N) is 2. The van der Waals surface area contributed by atoms with Crippen LogP contribution in [0, 0.1) is 5.92 Å². The molecule has 1 amide bonds. The molecule has 160 valence electrons. The molecule has 1 aliphatic heterocycles. The van der Waals surface area contributed by atoms with Crippen LogP contribution in [0.4, 0.5) is 0 Å². The summed E-state index contributed by atoms with van der Waals surface area (Å²) >= 11 is 0. The van der Waals surface area contributed by atoms with Crippen molar-refractivity contribution in [2.45, 2.75) is 32.9 Å². The molecule has 1 aliphatic rings. The standard InChI is InChI=1S/C21H27N3O3.2ClH/c1-3-26-20-11-17(21(25)24-18-8-10-23-12-15(18)2)6-7-19(20)27-14-16-5-4-9-22-13-16;;/h4-7,9,11,13,15,18,23H,3,8,10,12,14H2,1-2H3,(H,24,25);2*1H. The fourth-order valence-corrected chi connectivity index (χ4v) is 3.16. The Morgan fingerprint density at radius 1 is 1.24 bits per heavy atom. The lowest BCUT2D eigenvalue weighted by atomic mass is 9.95. The summed E-state index contributed by atoms with van der Waals surface area (Å²) in [6, 6.07) is 9.34. The van der Waals surface area contributed by atoms with Gasteiger partial charge in [0, 0.05) is 29.6 Å². The van der Waals surface area contributed by atoms with Crippen LogP contribution in [0.15, 0.2) is 42.7 Å². The molecule has 0 spiro atoms. The highest BCUT2D eigenvalue weighted by Crippen LogP contribution is 2.29. The Labute approximate surface area is 184 Å². The van der Waals surface area contributed by atoms with Crippen LogP contribution in [-0.2, 0) is 6.61 Å². The second-order valence-corrected chi connectivity index (χ2v) is 6.79. The summed E-state index contributed by atoms with van der Waals surface area (Å²) in [7, 11) is 0. The number of piperidine rings is 1. The first-order chi connectivity index (χ1) is 13.2. The molecule has 8 heteroatoms. The fraction of sp³-hybridized carbons (Fsp3) is 0.429.